The van der Waals surface area contributed by atoms with Crippen LogP contribution < -0.4 is 10.6 Å². The molecule has 2 aliphatic rings. The maximum Gasteiger partial charge on any atom is 0.191 e. The first-order valence-corrected chi connectivity index (χ1v) is 11.0. The van der Waals surface area contributed by atoms with E-state index in [-0.39, 0.29) is 6.10 Å². The minimum absolute atomic E-state index is 0.109. The van der Waals surface area contributed by atoms with Crippen LogP contribution in [0.1, 0.15) is 49.7 Å². The summed E-state index contributed by atoms with van der Waals surface area (Å²) in [6.45, 7) is 5.49. The van der Waals surface area contributed by atoms with E-state index in [1.807, 2.05) is 7.05 Å². The number of methoxy groups -OCH3 is 1. The number of nitrogens with one attached hydrogen (secondary N) is 2. The van der Waals surface area contributed by atoms with E-state index in [1.54, 1.807) is 7.11 Å². The third-order valence-corrected chi connectivity index (χ3v) is 6.55. The van der Waals surface area contributed by atoms with Crippen molar-refractivity contribution >= 4 is 5.96 Å². The first-order chi connectivity index (χ1) is 14.1. The van der Waals surface area contributed by atoms with Crippen molar-refractivity contribution in [3.8, 4) is 0 Å². The molecule has 0 atom stereocenters. The number of hydrogen-bond acceptors (Lipinski definition) is 4. The number of guanidine groups is 1. The highest BCUT2D eigenvalue weighted by Gasteiger charge is 2.36. The first kappa shape index (κ1) is 22.1. The van der Waals surface area contributed by atoms with Crippen molar-refractivity contribution in [2.45, 2.75) is 57.7 Å². The number of hydrogen-bond donors (Lipinski definition) is 3. The molecule has 1 heterocycles. The Labute approximate surface area is 175 Å². The molecule has 0 unspecified atom stereocenters. The smallest absolute Gasteiger partial charge is 0.191 e. The van der Waals surface area contributed by atoms with Crippen LogP contribution in [0.15, 0.2) is 29.3 Å². The normalized spacial score (nSPS) is 20.3. The molecule has 0 amide bonds. The van der Waals surface area contributed by atoms with E-state index in [9.17, 15) is 5.11 Å². The molecule has 1 aromatic rings. The molecule has 1 saturated carbocycles. The molecule has 0 spiro atoms. The molecule has 0 bridgehead atoms. The number of rotatable bonds is 9. The molecule has 1 aliphatic carbocycles. The van der Waals surface area contributed by atoms with Crippen molar-refractivity contribution in [3.63, 3.8) is 0 Å². The van der Waals surface area contributed by atoms with E-state index in [2.05, 4.69) is 44.8 Å². The summed E-state index contributed by atoms with van der Waals surface area (Å²) in [5, 5.41) is 16.6. The van der Waals surface area contributed by atoms with Gasteiger partial charge in [0.05, 0.1) is 6.10 Å². The van der Waals surface area contributed by atoms with E-state index < -0.39 is 0 Å². The summed E-state index contributed by atoms with van der Waals surface area (Å²) in [6.07, 6.45) is 6.66. The van der Waals surface area contributed by atoms with E-state index in [0.717, 1.165) is 64.6 Å². The van der Waals surface area contributed by atoms with Gasteiger partial charge in [-0.05, 0) is 48.6 Å². The summed E-state index contributed by atoms with van der Waals surface area (Å²) in [5.41, 5.74) is 2.96. The topological polar surface area (TPSA) is 69.1 Å². The average molecular weight is 403 g/mol. The van der Waals surface area contributed by atoms with Crippen molar-refractivity contribution < 1.29 is 9.84 Å². The second-order valence-corrected chi connectivity index (χ2v) is 8.70. The first-order valence-electron chi connectivity index (χ1n) is 11.0. The molecule has 1 aromatic carbocycles. The van der Waals surface area contributed by atoms with Crippen molar-refractivity contribution in [3.05, 3.63) is 35.4 Å². The summed E-state index contributed by atoms with van der Waals surface area (Å²) in [7, 11) is 3.61. The number of aliphatic hydroxyl groups is 1. The summed E-state index contributed by atoms with van der Waals surface area (Å²) >= 11 is 0. The second-order valence-electron chi connectivity index (χ2n) is 8.70. The Balaban J connectivity index is 1.41. The van der Waals surface area contributed by atoms with E-state index in [4.69, 9.17) is 4.74 Å². The van der Waals surface area contributed by atoms with Crippen molar-refractivity contribution in [1.29, 1.82) is 0 Å². The summed E-state index contributed by atoms with van der Waals surface area (Å²) < 4.78 is 5.29. The van der Waals surface area contributed by atoms with Gasteiger partial charge >= 0.3 is 0 Å². The SMILES string of the molecule is CN=C(NCc1ccc(CN2CCC(O)CC2)cc1)NCC1(CCOC)CCC1. The Morgan fingerprint density at radius 3 is 2.45 bits per heavy atom. The van der Waals surface area contributed by atoms with Crippen molar-refractivity contribution in [1.82, 2.24) is 15.5 Å². The Hall–Kier alpha value is -1.63. The van der Waals surface area contributed by atoms with Gasteiger partial charge in [-0.25, -0.2) is 0 Å². The summed E-state index contributed by atoms with van der Waals surface area (Å²) in [5.74, 6) is 0.865. The highest BCUT2D eigenvalue weighted by Crippen LogP contribution is 2.43. The number of aliphatic hydroxyl groups excluding tert-OH is 1. The predicted octanol–water partition coefficient (Wildman–Crippen LogP) is 2.52. The number of ether oxygens (including phenoxy) is 1. The molecule has 2 fully saturated rings. The fourth-order valence-corrected chi connectivity index (χ4v) is 4.29. The van der Waals surface area contributed by atoms with Gasteiger partial charge in [0.15, 0.2) is 5.96 Å². The van der Waals surface area contributed by atoms with Crippen molar-refractivity contribution in [2.75, 3.05) is 40.4 Å². The molecule has 0 radical (unpaired) electrons. The van der Waals surface area contributed by atoms with Crippen LogP contribution in [0.5, 0.6) is 0 Å². The maximum absolute atomic E-state index is 9.64. The van der Waals surface area contributed by atoms with Crippen LogP contribution in [0.2, 0.25) is 0 Å². The molecule has 3 rings (SSSR count). The zero-order chi connectivity index (χ0) is 20.5. The Morgan fingerprint density at radius 2 is 1.86 bits per heavy atom. The minimum Gasteiger partial charge on any atom is -0.393 e. The number of piperidine rings is 1. The number of nitrogens with zero attached hydrogens (tertiary/aromatic N) is 2. The lowest BCUT2D eigenvalue weighted by molar-refractivity contribution is 0.0732. The number of benzene rings is 1. The summed E-state index contributed by atoms with van der Waals surface area (Å²) in [6, 6.07) is 8.82. The predicted molar refractivity (Wildman–Crippen MR) is 118 cm³/mol. The quantitative estimate of drug-likeness (QED) is 0.437. The highest BCUT2D eigenvalue weighted by atomic mass is 16.5. The number of likely N-dealkylation sites (tertiary alicyclic amines) is 1. The van der Waals surface area contributed by atoms with Gasteiger partial charge in [-0.15, -0.1) is 0 Å². The molecular weight excluding hydrogens is 364 g/mol. The van der Waals surface area contributed by atoms with E-state index in [1.165, 1.54) is 30.4 Å². The monoisotopic (exact) mass is 402 g/mol. The molecule has 1 saturated heterocycles. The second kappa shape index (κ2) is 11.0. The molecular formula is C23H38N4O2. The number of aliphatic imine (C=N–C) groups is 1. The van der Waals surface area contributed by atoms with Crippen molar-refractivity contribution in [2.24, 2.45) is 10.4 Å². The maximum atomic E-state index is 9.64. The van der Waals surface area contributed by atoms with Crippen LogP contribution in [0.4, 0.5) is 0 Å². The van der Waals surface area contributed by atoms with Gasteiger partial charge in [0.25, 0.3) is 0 Å². The third kappa shape index (κ3) is 6.69. The Morgan fingerprint density at radius 1 is 1.17 bits per heavy atom. The highest BCUT2D eigenvalue weighted by molar-refractivity contribution is 5.79. The third-order valence-electron chi connectivity index (χ3n) is 6.55. The van der Waals surface area contributed by atoms with Gasteiger partial charge in [-0.2, -0.15) is 0 Å². The lowest BCUT2D eigenvalue weighted by Crippen LogP contribution is -2.46. The van der Waals surface area contributed by atoms with Gasteiger partial charge in [0.1, 0.15) is 0 Å². The van der Waals surface area contributed by atoms with Gasteiger partial charge in [-0.3, -0.25) is 9.89 Å². The van der Waals surface area contributed by atoms with Gasteiger partial charge in [0, 0.05) is 53.5 Å². The van der Waals surface area contributed by atoms with Crippen LogP contribution in [-0.4, -0.2) is 62.5 Å². The largest absolute Gasteiger partial charge is 0.393 e. The molecule has 0 aromatic heterocycles. The molecule has 6 heteroatoms. The summed E-state index contributed by atoms with van der Waals surface area (Å²) in [4.78, 5) is 6.80. The zero-order valence-corrected chi connectivity index (χ0v) is 18.1. The molecule has 162 valence electrons. The van der Waals surface area contributed by atoms with Crippen LogP contribution in [0.25, 0.3) is 0 Å². The van der Waals surface area contributed by atoms with E-state index in [0.29, 0.717) is 5.41 Å². The molecule has 6 nitrogen and oxygen atoms in total. The van der Waals surface area contributed by atoms with Crippen LogP contribution in [-0.2, 0) is 17.8 Å². The average Bonchev–Trinajstić information content (AvgIpc) is 2.72. The van der Waals surface area contributed by atoms with Gasteiger partial charge in [0.2, 0.25) is 0 Å². The standard InChI is InChI=1S/C23H38N4O2/c1-24-22(26-18-23(10-3-11-23)12-15-29-2)25-16-19-4-6-20(7-5-19)17-27-13-8-21(28)9-14-27/h4-7,21,28H,3,8-18H2,1-2H3,(H2,24,25,26). The lowest BCUT2D eigenvalue weighted by Gasteiger charge is -2.42. The van der Waals surface area contributed by atoms with E-state index >= 15 is 0 Å². The van der Waals surface area contributed by atoms with Gasteiger partial charge in [-0.1, -0.05) is 30.7 Å². The van der Waals surface area contributed by atoms with Crippen LogP contribution in [0, 0.1) is 5.41 Å². The fraction of sp³-hybridized carbons (Fsp3) is 0.696. The zero-order valence-electron chi connectivity index (χ0n) is 18.1. The minimum atomic E-state index is -0.109. The fourth-order valence-electron chi connectivity index (χ4n) is 4.29. The Bertz CT molecular complexity index is 635. The van der Waals surface area contributed by atoms with Crippen LogP contribution in [0.3, 0.4) is 0 Å². The molecule has 1 aliphatic heterocycles. The van der Waals surface area contributed by atoms with Gasteiger partial charge < -0.3 is 20.5 Å². The van der Waals surface area contributed by atoms with Crippen LogP contribution >= 0.6 is 0 Å². The lowest BCUT2D eigenvalue weighted by atomic mass is 9.67. The Kier molecular flexibility index (Phi) is 8.33. The molecule has 29 heavy (non-hydrogen) atoms. The molecule has 3 N–H and O–H groups in total.